The SMILES string of the molecule is CCC(C)C1OC(C(=O)OC)C(O)C(O)C1O. The number of hydrogen-bond acceptors (Lipinski definition) is 6. The molecule has 17 heavy (non-hydrogen) atoms. The van der Waals surface area contributed by atoms with Crippen LogP contribution in [0.4, 0.5) is 0 Å². The Labute approximate surface area is 100 Å². The van der Waals surface area contributed by atoms with E-state index in [1.807, 2.05) is 13.8 Å². The first-order chi connectivity index (χ1) is 7.93. The monoisotopic (exact) mass is 248 g/mol. The molecule has 6 nitrogen and oxygen atoms in total. The molecule has 0 aromatic heterocycles. The van der Waals surface area contributed by atoms with E-state index in [1.54, 1.807) is 0 Å². The third-order valence-electron chi connectivity index (χ3n) is 3.29. The first-order valence-electron chi connectivity index (χ1n) is 5.71. The molecule has 0 aromatic rings. The van der Waals surface area contributed by atoms with Gasteiger partial charge in [-0.15, -0.1) is 0 Å². The van der Waals surface area contributed by atoms with E-state index in [0.717, 1.165) is 6.42 Å². The Balaban J connectivity index is 2.86. The highest BCUT2D eigenvalue weighted by Crippen LogP contribution is 2.27. The number of methoxy groups -OCH3 is 1. The van der Waals surface area contributed by atoms with Crippen LogP contribution in [0.2, 0.25) is 0 Å². The van der Waals surface area contributed by atoms with Crippen LogP contribution < -0.4 is 0 Å². The lowest BCUT2D eigenvalue weighted by molar-refractivity contribution is -0.238. The van der Waals surface area contributed by atoms with Gasteiger partial charge in [0.15, 0.2) is 6.10 Å². The molecule has 1 rings (SSSR count). The van der Waals surface area contributed by atoms with E-state index in [4.69, 9.17) is 4.74 Å². The number of aliphatic hydroxyl groups is 3. The summed E-state index contributed by atoms with van der Waals surface area (Å²) in [6.07, 6.45) is -5.32. The molecule has 0 bridgehead atoms. The zero-order valence-electron chi connectivity index (χ0n) is 10.2. The molecule has 1 aliphatic rings. The first kappa shape index (κ1) is 14.4. The van der Waals surface area contributed by atoms with Gasteiger partial charge in [-0.3, -0.25) is 0 Å². The summed E-state index contributed by atoms with van der Waals surface area (Å²) in [5.41, 5.74) is 0. The van der Waals surface area contributed by atoms with Crippen LogP contribution in [0.1, 0.15) is 20.3 Å². The molecule has 100 valence electrons. The molecule has 0 aromatic carbocycles. The largest absolute Gasteiger partial charge is 0.467 e. The van der Waals surface area contributed by atoms with E-state index in [0.29, 0.717) is 0 Å². The number of carbonyl (C=O) groups is 1. The molecule has 3 N–H and O–H groups in total. The molecular weight excluding hydrogens is 228 g/mol. The highest BCUT2D eigenvalue weighted by atomic mass is 16.6. The van der Waals surface area contributed by atoms with Crippen molar-refractivity contribution in [2.24, 2.45) is 5.92 Å². The van der Waals surface area contributed by atoms with E-state index in [-0.39, 0.29) is 5.92 Å². The van der Waals surface area contributed by atoms with Crippen molar-refractivity contribution >= 4 is 5.97 Å². The Morgan fingerprint density at radius 1 is 1.29 bits per heavy atom. The number of ether oxygens (including phenoxy) is 2. The molecule has 1 aliphatic heterocycles. The fourth-order valence-corrected chi connectivity index (χ4v) is 1.92. The van der Waals surface area contributed by atoms with Crippen molar-refractivity contribution in [3.05, 3.63) is 0 Å². The fraction of sp³-hybridized carbons (Fsp3) is 0.909. The van der Waals surface area contributed by atoms with Gasteiger partial charge < -0.3 is 24.8 Å². The topological polar surface area (TPSA) is 96.2 Å². The summed E-state index contributed by atoms with van der Waals surface area (Å²) in [6.45, 7) is 3.75. The van der Waals surface area contributed by atoms with Crippen molar-refractivity contribution in [3.63, 3.8) is 0 Å². The highest BCUT2D eigenvalue weighted by molar-refractivity contribution is 5.75. The second-order valence-electron chi connectivity index (χ2n) is 4.40. The molecule has 0 amide bonds. The molecule has 6 atom stereocenters. The lowest BCUT2D eigenvalue weighted by atomic mass is 9.87. The lowest BCUT2D eigenvalue weighted by Crippen LogP contribution is -2.61. The van der Waals surface area contributed by atoms with Crippen LogP contribution in [-0.4, -0.2) is 58.9 Å². The Morgan fingerprint density at radius 3 is 2.35 bits per heavy atom. The van der Waals surface area contributed by atoms with Crippen LogP contribution in [0.3, 0.4) is 0 Å². The molecule has 1 fully saturated rings. The van der Waals surface area contributed by atoms with Crippen LogP contribution in [-0.2, 0) is 14.3 Å². The van der Waals surface area contributed by atoms with Gasteiger partial charge in [0.2, 0.25) is 0 Å². The normalized spacial score (nSPS) is 39.8. The Kier molecular flexibility index (Phi) is 4.88. The smallest absolute Gasteiger partial charge is 0.337 e. The standard InChI is InChI=1S/C11H20O6/c1-4-5(2)9-7(13)6(12)8(14)10(17-9)11(15)16-3/h5-10,12-14H,4H2,1-3H3. The second-order valence-corrected chi connectivity index (χ2v) is 4.40. The van der Waals surface area contributed by atoms with Crippen molar-refractivity contribution in [1.29, 1.82) is 0 Å². The average Bonchev–Trinajstić information content (AvgIpc) is 2.34. The predicted molar refractivity (Wildman–Crippen MR) is 58.2 cm³/mol. The number of aliphatic hydroxyl groups excluding tert-OH is 3. The van der Waals surface area contributed by atoms with Gasteiger partial charge in [-0.25, -0.2) is 4.79 Å². The molecule has 0 spiro atoms. The van der Waals surface area contributed by atoms with Gasteiger partial charge in [0.05, 0.1) is 13.2 Å². The maximum Gasteiger partial charge on any atom is 0.337 e. The third kappa shape index (κ3) is 2.77. The maximum absolute atomic E-state index is 11.4. The van der Waals surface area contributed by atoms with Crippen LogP contribution >= 0.6 is 0 Å². The average molecular weight is 248 g/mol. The minimum Gasteiger partial charge on any atom is -0.467 e. The Hall–Kier alpha value is -0.690. The summed E-state index contributed by atoms with van der Waals surface area (Å²) in [5.74, 6) is -0.795. The van der Waals surface area contributed by atoms with Gasteiger partial charge in [0.1, 0.15) is 18.3 Å². The number of hydrogen-bond donors (Lipinski definition) is 3. The van der Waals surface area contributed by atoms with E-state index in [2.05, 4.69) is 4.74 Å². The quantitative estimate of drug-likeness (QED) is 0.558. The number of rotatable bonds is 3. The second kappa shape index (κ2) is 5.77. The molecule has 6 heteroatoms. The van der Waals surface area contributed by atoms with Crippen molar-refractivity contribution < 1.29 is 29.6 Å². The van der Waals surface area contributed by atoms with Gasteiger partial charge in [-0.1, -0.05) is 20.3 Å². The third-order valence-corrected chi connectivity index (χ3v) is 3.29. The lowest BCUT2D eigenvalue weighted by Gasteiger charge is -2.41. The predicted octanol–water partition coefficient (Wildman–Crippen LogP) is -0.944. The van der Waals surface area contributed by atoms with E-state index in [9.17, 15) is 20.1 Å². The van der Waals surface area contributed by atoms with E-state index < -0.39 is 36.5 Å². The number of carbonyl (C=O) groups excluding carboxylic acids is 1. The Bertz CT molecular complexity index is 269. The molecule has 6 unspecified atom stereocenters. The van der Waals surface area contributed by atoms with Crippen molar-refractivity contribution in [2.75, 3.05) is 7.11 Å². The summed E-state index contributed by atoms with van der Waals surface area (Å²) in [5, 5.41) is 29.1. The minimum absolute atomic E-state index is 0.0423. The zero-order valence-corrected chi connectivity index (χ0v) is 10.2. The van der Waals surface area contributed by atoms with Crippen molar-refractivity contribution in [3.8, 4) is 0 Å². The van der Waals surface area contributed by atoms with E-state index >= 15 is 0 Å². The molecule has 0 radical (unpaired) electrons. The van der Waals surface area contributed by atoms with Crippen LogP contribution in [0.15, 0.2) is 0 Å². The van der Waals surface area contributed by atoms with Crippen LogP contribution in [0.25, 0.3) is 0 Å². The van der Waals surface area contributed by atoms with E-state index in [1.165, 1.54) is 7.11 Å². The summed E-state index contributed by atoms with van der Waals surface area (Å²) in [6, 6.07) is 0. The van der Waals surface area contributed by atoms with Crippen LogP contribution in [0.5, 0.6) is 0 Å². The summed E-state index contributed by atoms with van der Waals surface area (Å²) in [4.78, 5) is 11.4. The minimum atomic E-state index is -1.47. The molecule has 0 saturated carbocycles. The number of esters is 1. The summed E-state index contributed by atoms with van der Waals surface area (Å²) >= 11 is 0. The molecule has 1 saturated heterocycles. The molecule has 0 aliphatic carbocycles. The maximum atomic E-state index is 11.4. The van der Waals surface area contributed by atoms with Crippen LogP contribution in [0, 0.1) is 5.92 Å². The van der Waals surface area contributed by atoms with Gasteiger partial charge in [-0.05, 0) is 5.92 Å². The first-order valence-corrected chi connectivity index (χ1v) is 5.71. The zero-order chi connectivity index (χ0) is 13.2. The van der Waals surface area contributed by atoms with Gasteiger partial charge in [0.25, 0.3) is 0 Å². The molecular formula is C11H20O6. The fourth-order valence-electron chi connectivity index (χ4n) is 1.92. The summed E-state index contributed by atoms with van der Waals surface area (Å²) < 4.78 is 9.84. The van der Waals surface area contributed by atoms with Crippen molar-refractivity contribution in [1.82, 2.24) is 0 Å². The van der Waals surface area contributed by atoms with Gasteiger partial charge in [-0.2, -0.15) is 0 Å². The molecule has 1 heterocycles. The van der Waals surface area contributed by atoms with Gasteiger partial charge in [0, 0.05) is 0 Å². The Morgan fingerprint density at radius 2 is 1.88 bits per heavy atom. The summed E-state index contributed by atoms with van der Waals surface area (Å²) in [7, 11) is 1.17. The highest BCUT2D eigenvalue weighted by Gasteiger charge is 2.48. The van der Waals surface area contributed by atoms with Crippen molar-refractivity contribution in [2.45, 2.75) is 50.8 Å². The van der Waals surface area contributed by atoms with Gasteiger partial charge >= 0.3 is 5.97 Å².